The molecule has 1 aliphatic rings. The van der Waals surface area contributed by atoms with Crippen LogP contribution in [0.15, 0.2) is 29.2 Å². The van der Waals surface area contributed by atoms with Gasteiger partial charge in [0, 0.05) is 31.7 Å². The molecule has 1 saturated heterocycles. The van der Waals surface area contributed by atoms with Crippen molar-refractivity contribution in [1.82, 2.24) is 9.21 Å². The first-order valence-electron chi connectivity index (χ1n) is 9.69. The molecule has 1 aliphatic heterocycles. The smallest absolute Gasteiger partial charge is 0.253 e. The molecule has 6 heteroatoms. The zero-order valence-corrected chi connectivity index (χ0v) is 17.3. The van der Waals surface area contributed by atoms with Crippen LogP contribution in [-0.4, -0.2) is 49.7 Å². The van der Waals surface area contributed by atoms with Gasteiger partial charge in [0.05, 0.1) is 4.90 Å². The monoisotopic (exact) mass is 380 g/mol. The van der Waals surface area contributed by atoms with E-state index in [0.29, 0.717) is 43.6 Å². The number of hydrogen-bond donors (Lipinski definition) is 0. The zero-order valence-electron chi connectivity index (χ0n) is 16.4. The topological polar surface area (TPSA) is 57.7 Å². The molecule has 1 aromatic rings. The highest BCUT2D eigenvalue weighted by Crippen LogP contribution is 2.27. The van der Waals surface area contributed by atoms with Gasteiger partial charge in [0.2, 0.25) is 10.0 Å². The summed E-state index contributed by atoms with van der Waals surface area (Å²) in [4.78, 5) is 14.8. The van der Waals surface area contributed by atoms with Gasteiger partial charge >= 0.3 is 0 Å². The van der Waals surface area contributed by atoms with Crippen molar-refractivity contribution in [3.63, 3.8) is 0 Å². The maximum Gasteiger partial charge on any atom is 0.253 e. The molecule has 0 N–H and O–H groups in total. The Labute approximate surface area is 158 Å². The number of carbonyl (C=O) groups is 1. The van der Waals surface area contributed by atoms with Gasteiger partial charge in [-0.3, -0.25) is 4.79 Å². The first-order chi connectivity index (χ1) is 12.3. The summed E-state index contributed by atoms with van der Waals surface area (Å²) < 4.78 is 27.7. The summed E-state index contributed by atoms with van der Waals surface area (Å²) in [6, 6.07) is 6.52. The zero-order chi connectivity index (χ0) is 19.3. The highest BCUT2D eigenvalue weighted by atomic mass is 32.2. The Kier molecular flexibility index (Phi) is 7.24. The minimum absolute atomic E-state index is 0.0915. The fourth-order valence-electron chi connectivity index (χ4n) is 3.78. The Morgan fingerprint density at radius 1 is 1.12 bits per heavy atom. The van der Waals surface area contributed by atoms with Gasteiger partial charge in [0.1, 0.15) is 0 Å². The number of rotatable bonds is 7. The van der Waals surface area contributed by atoms with Crippen molar-refractivity contribution in [3.05, 3.63) is 29.8 Å². The van der Waals surface area contributed by atoms with E-state index in [1.165, 1.54) is 0 Å². The van der Waals surface area contributed by atoms with Crippen LogP contribution in [0.4, 0.5) is 0 Å². The fourth-order valence-corrected chi connectivity index (χ4v) is 5.50. The Balaban J connectivity index is 2.28. The van der Waals surface area contributed by atoms with Gasteiger partial charge in [-0.2, -0.15) is 4.31 Å². The number of sulfonamides is 1. The average molecular weight is 381 g/mol. The molecular formula is C20H32N2O3S. The van der Waals surface area contributed by atoms with E-state index in [2.05, 4.69) is 13.8 Å². The molecule has 0 aromatic heterocycles. The van der Waals surface area contributed by atoms with Crippen molar-refractivity contribution >= 4 is 15.9 Å². The summed E-state index contributed by atoms with van der Waals surface area (Å²) >= 11 is 0. The molecule has 0 spiro atoms. The molecule has 0 saturated carbocycles. The van der Waals surface area contributed by atoms with Crippen molar-refractivity contribution < 1.29 is 13.2 Å². The molecule has 1 amide bonds. The summed E-state index contributed by atoms with van der Waals surface area (Å²) in [5.74, 6) is 0.608. The van der Waals surface area contributed by atoms with Gasteiger partial charge in [-0.15, -0.1) is 0 Å². The minimum Gasteiger partial charge on any atom is -0.339 e. The number of benzene rings is 1. The summed E-state index contributed by atoms with van der Waals surface area (Å²) in [6.07, 6.45) is 2.81. The van der Waals surface area contributed by atoms with Crippen LogP contribution >= 0.6 is 0 Å². The van der Waals surface area contributed by atoms with Gasteiger partial charge in [0.25, 0.3) is 5.91 Å². The van der Waals surface area contributed by atoms with Gasteiger partial charge in [-0.05, 0) is 49.3 Å². The lowest BCUT2D eigenvalue weighted by atomic mass is 9.94. The molecule has 0 bridgehead atoms. The largest absolute Gasteiger partial charge is 0.339 e. The van der Waals surface area contributed by atoms with E-state index in [1.807, 2.05) is 13.8 Å². The highest BCUT2D eigenvalue weighted by Gasteiger charge is 2.32. The quantitative estimate of drug-likeness (QED) is 0.726. The second kappa shape index (κ2) is 9.00. The number of amides is 1. The van der Waals surface area contributed by atoms with E-state index in [9.17, 15) is 13.2 Å². The van der Waals surface area contributed by atoms with Crippen LogP contribution in [-0.2, 0) is 10.0 Å². The molecule has 0 unspecified atom stereocenters. The SMILES string of the molecule is CCCN(CCC)C(=O)c1cccc(S(=O)(=O)N2C[C@@H](C)C[C@H](C)C2)c1. The van der Waals surface area contributed by atoms with E-state index in [0.717, 1.165) is 19.3 Å². The minimum atomic E-state index is -3.57. The molecule has 0 aliphatic carbocycles. The summed E-state index contributed by atoms with van der Waals surface area (Å²) in [6.45, 7) is 10.7. The molecule has 5 nitrogen and oxygen atoms in total. The van der Waals surface area contributed by atoms with E-state index in [-0.39, 0.29) is 10.8 Å². The highest BCUT2D eigenvalue weighted by molar-refractivity contribution is 7.89. The van der Waals surface area contributed by atoms with Crippen LogP contribution in [0, 0.1) is 11.8 Å². The Hall–Kier alpha value is -1.40. The average Bonchev–Trinajstić information content (AvgIpc) is 2.60. The molecule has 1 fully saturated rings. The Morgan fingerprint density at radius 3 is 2.23 bits per heavy atom. The van der Waals surface area contributed by atoms with Crippen molar-refractivity contribution in [3.8, 4) is 0 Å². The molecule has 1 aromatic carbocycles. The molecular weight excluding hydrogens is 348 g/mol. The van der Waals surface area contributed by atoms with Crippen LogP contribution in [0.25, 0.3) is 0 Å². The van der Waals surface area contributed by atoms with Crippen LogP contribution in [0.1, 0.15) is 57.3 Å². The van der Waals surface area contributed by atoms with E-state index in [1.54, 1.807) is 33.5 Å². The molecule has 26 heavy (non-hydrogen) atoms. The van der Waals surface area contributed by atoms with E-state index >= 15 is 0 Å². The Bertz CT molecular complexity index is 702. The van der Waals surface area contributed by atoms with Gasteiger partial charge in [0.15, 0.2) is 0 Å². The van der Waals surface area contributed by atoms with E-state index < -0.39 is 10.0 Å². The third kappa shape index (κ3) is 4.86. The third-order valence-electron chi connectivity index (χ3n) is 4.83. The van der Waals surface area contributed by atoms with Crippen LogP contribution < -0.4 is 0 Å². The van der Waals surface area contributed by atoms with Crippen LogP contribution in [0.5, 0.6) is 0 Å². The molecule has 0 radical (unpaired) electrons. The normalized spacial score (nSPS) is 21.5. The summed E-state index contributed by atoms with van der Waals surface area (Å²) in [7, 11) is -3.57. The fraction of sp³-hybridized carbons (Fsp3) is 0.650. The second-order valence-corrected chi connectivity index (χ2v) is 9.53. The standard InChI is InChI=1S/C20H32N2O3S/c1-5-10-21(11-6-2)20(23)18-8-7-9-19(13-18)26(24,25)22-14-16(3)12-17(4)15-22/h7-9,13,16-17H,5-6,10-12,14-15H2,1-4H3/t16-,17-/m0/s1. The lowest BCUT2D eigenvalue weighted by molar-refractivity contribution is 0.0755. The maximum absolute atomic E-state index is 13.1. The number of nitrogens with zero attached hydrogens (tertiary/aromatic N) is 2. The van der Waals surface area contributed by atoms with Crippen molar-refractivity contribution in [2.45, 2.75) is 51.9 Å². The summed E-state index contributed by atoms with van der Waals surface area (Å²) in [5, 5.41) is 0. The molecule has 2 atom stereocenters. The van der Waals surface area contributed by atoms with Crippen LogP contribution in [0.3, 0.4) is 0 Å². The van der Waals surface area contributed by atoms with Gasteiger partial charge in [-0.25, -0.2) is 8.42 Å². The Morgan fingerprint density at radius 2 is 1.69 bits per heavy atom. The van der Waals surface area contributed by atoms with Crippen molar-refractivity contribution in [2.75, 3.05) is 26.2 Å². The second-order valence-electron chi connectivity index (χ2n) is 7.59. The number of carbonyl (C=O) groups excluding carboxylic acids is 1. The molecule has 1 heterocycles. The maximum atomic E-state index is 13.1. The predicted octanol–water partition coefficient (Wildman–Crippen LogP) is 3.62. The van der Waals surface area contributed by atoms with Crippen molar-refractivity contribution in [2.24, 2.45) is 11.8 Å². The first kappa shape index (κ1) is 20.9. The summed E-state index contributed by atoms with van der Waals surface area (Å²) in [5.41, 5.74) is 0.450. The molecule has 2 rings (SSSR count). The van der Waals surface area contributed by atoms with Gasteiger partial charge < -0.3 is 4.90 Å². The lowest BCUT2D eigenvalue weighted by Crippen LogP contribution is -2.42. The molecule has 146 valence electrons. The van der Waals surface area contributed by atoms with E-state index in [4.69, 9.17) is 0 Å². The van der Waals surface area contributed by atoms with Crippen molar-refractivity contribution in [1.29, 1.82) is 0 Å². The van der Waals surface area contributed by atoms with Gasteiger partial charge in [-0.1, -0.05) is 33.8 Å². The predicted molar refractivity (Wildman–Crippen MR) is 105 cm³/mol. The first-order valence-corrected chi connectivity index (χ1v) is 11.1. The van der Waals surface area contributed by atoms with Crippen LogP contribution in [0.2, 0.25) is 0 Å². The number of piperidine rings is 1. The number of hydrogen-bond acceptors (Lipinski definition) is 3. The third-order valence-corrected chi connectivity index (χ3v) is 6.66. The lowest BCUT2D eigenvalue weighted by Gasteiger charge is -2.34.